The number of aromatic hydroxyl groups is 1. The van der Waals surface area contributed by atoms with Crippen LogP contribution in [0.3, 0.4) is 0 Å². The Hall–Kier alpha value is -3.47. The predicted molar refractivity (Wildman–Crippen MR) is 130 cm³/mol. The SMILES string of the molecule is Cc1cccnc1-c1ccc(O)c2c1C[C@@H]1C[C@@H]3C(N(C)C)C(O)C(C(N)=O)C(=O)[C@]3(O)C(=O)C1C2=O. The lowest BCUT2D eigenvalue weighted by atomic mass is 9.52. The van der Waals surface area contributed by atoms with E-state index in [9.17, 15) is 34.5 Å². The zero-order chi connectivity index (χ0) is 27.0. The number of Topliss-reactive ketones (excluding diaryl/α,β-unsaturated/α-hetero) is 3. The van der Waals surface area contributed by atoms with Gasteiger partial charge in [0.05, 0.1) is 23.3 Å². The van der Waals surface area contributed by atoms with E-state index in [-0.39, 0.29) is 24.2 Å². The van der Waals surface area contributed by atoms with Crippen LogP contribution in [-0.2, 0) is 20.8 Å². The molecule has 0 radical (unpaired) electrons. The lowest BCUT2D eigenvalue weighted by Crippen LogP contribution is -2.75. The number of amides is 1. The summed E-state index contributed by atoms with van der Waals surface area (Å²) in [5.41, 5.74) is 5.40. The van der Waals surface area contributed by atoms with Gasteiger partial charge in [0.15, 0.2) is 23.0 Å². The van der Waals surface area contributed by atoms with Gasteiger partial charge in [-0.15, -0.1) is 0 Å². The second kappa shape index (κ2) is 8.54. The zero-order valence-corrected chi connectivity index (χ0v) is 20.7. The van der Waals surface area contributed by atoms with Gasteiger partial charge >= 0.3 is 0 Å². The van der Waals surface area contributed by atoms with E-state index in [0.29, 0.717) is 16.8 Å². The number of rotatable bonds is 3. The normalized spacial score (nSPS) is 33.1. The number of nitrogens with zero attached hydrogens (tertiary/aromatic N) is 2. The van der Waals surface area contributed by atoms with Crippen molar-refractivity contribution >= 4 is 23.3 Å². The minimum Gasteiger partial charge on any atom is -0.507 e. The molecule has 5 rings (SSSR count). The summed E-state index contributed by atoms with van der Waals surface area (Å²) in [6.07, 6.45) is 0.376. The smallest absolute Gasteiger partial charge is 0.230 e. The molecule has 5 N–H and O–H groups in total. The molecule has 10 heteroatoms. The molecule has 0 aliphatic heterocycles. The molecule has 1 heterocycles. The number of hydrogen-bond donors (Lipinski definition) is 4. The van der Waals surface area contributed by atoms with Gasteiger partial charge < -0.3 is 26.0 Å². The number of ketones is 3. The number of aliphatic hydroxyl groups excluding tert-OH is 1. The molecule has 0 bridgehead atoms. The maximum atomic E-state index is 13.9. The number of aliphatic hydroxyl groups is 2. The monoisotopic (exact) mass is 507 g/mol. The van der Waals surface area contributed by atoms with E-state index in [0.717, 1.165) is 5.56 Å². The van der Waals surface area contributed by atoms with Gasteiger partial charge in [-0.25, -0.2) is 0 Å². The Labute approximate surface area is 213 Å². The fourth-order valence-electron chi connectivity index (χ4n) is 6.81. The van der Waals surface area contributed by atoms with Crippen molar-refractivity contribution in [1.29, 1.82) is 0 Å². The molecular weight excluding hydrogens is 478 g/mol. The first kappa shape index (κ1) is 25.2. The van der Waals surface area contributed by atoms with Crippen LogP contribution in [0.15, 0.2) is 30.5 Å². The van der Waals surface area contributed by atoms with E-state index in [1.807, 2.05) is 13.0 Å². The highest BCUT2D eigenvalue weighted by atomic mass is 16.3. The van der Waals surface area contributed by atoms with Crippen molar-refractivity contribution in [2.75, 3.05) is 14.1 Å². The lowest BCUT2D eigenvalue weighted by molar-refractivity contribution is -0.190. The summed E-state index contributed by atoms with van der Waals surface area (Å²) >= 11 is 0. The van der Waals surface area contributed by atoms with Crippen LogP contribution in [0.1, 0.15) is 27.9 Å². The summed E-state index contributed by atoms with van der Waals surface area (Å²) in [6.45, 7) is 1.88. The number of aryl methyl sites for hydroxylation is 1. The second-order valence-corrected chi connectivity index (χ2v) is 10.6. The number of phenols is 1. The van der Waals surface area contributed by atoms with Crippen LogP contribution in [-0.4, -0.2) is 80.3 Å². The largest absolute Gasteiger partial charge is 0.507 e. The van der Waals surface area contributed by atoms with Gasteiger partial charge in [-0.3, -0.25) is 24.2 Å². The Morgan fingerprint density at radius 1 is 1.16 bits per heavy atom. The van der Waals surface area contributed by atoms with Crippen LogP contribution in [0.5, 0.6) is 5.75 Å². The van der Waals surface area contributed by atoms with Crippen molar-refractivity contribution in [3.05, 3.63) is 47.2 Å². The van der Waals surface area contributed by atoms with E-state index in [4.69, 9.17) is 5.73 Å². The highest BCUT2D eigenvalue weighted by molar-refractivity contribution is 6.25. The van der Waals surface area contributed by atoms with Gasteiger partial charge in [0.2, 0.25) is 5.91 Å². The molecule has 2 saturated carbocycles. The summed E-state index contributed by atoms with van der Waals surface area (Å²) in [7, 11) is 3.22. The third kappa shape index (κ3) is 3.39. The first-order chi connectivity index (χ1) is 17.4. The van der Waals surface area contributed by atoms with Crippen LogP contribution in [0.25, 0.3) is 11.3 Å². The minimum absolute atomic E-state index is 0.0295. The predicted octanol–water partition coefficient (Wildman–Crippen LogP) is 0.0292. The Kier molecular flexibility index (Phi) is 5.82. The fraction of sp³-hybridized carbons (Fsp3) is 0.444. The van der Waals surface area contributed by atoms with Crippen LogP contribution < -0.4 is 5.73 Å². The highest BCUT2D eigenvalue weighted by Gasteiger charge is 2.69. The maximum absolute atomic E-state index is 13.9. The Morgan fingerprint density at radius 2 is 1.86 bits per heavy atom. The number of carbonyl (C=O) groups is 4. The molecule has 3 aliphatic rings. The third-order valence-electron chi connectivity index (χ3n) is 8.44. The number of aromatic nitrogens is 1. The number of carbonyl (C=O) groups excluding carboxylic acids is 4. The molecule has 0 spiro atoms. The number of pyridine rings is 1. The van der Waals surface area contributed by atoms with Crippen LogP contribution in [0.4, 0.5) is 0 Å². The molecule has 37 heavy (non-hydrogen) atoms. The topological polar surface area (TPSA) is 171 Å². The molecule has 1 aromatic heterocycles. The first-order valence-corrected chi connectivity index (χ1v) is 12.2. The number of phenolic OH excluding ortho intramolecular Hbond substituents is 1. The summed E-state index contributed by atoms with van der Waals surface area (Å²) in [5.74, 6) is -9.20. The highest BCUT2D eigenvalue weighted by Crippen LogP contribution is 2.52. The summed E-state index contributed by atoms with van der Waals surface area (Å²) < 4.78 is 0. The van der Waals surface area contributed by atoms with Crippen molar-refractivity contribution in [3.63, 3.8) is 0 Å². The van der Waals surface area contributed by atoms with Crippen molar-refractivity contribution in [3.8, 4) is 17.0 Å². The van der Waals surface area contributed by atoms with Crippen molar-refractivity contribution in [2.45, 2.75) is 37.5 Å². The molecular formula is C27H29N3O7. The first-order valence-electron chi connectivity index (χ1n) is 12.2. The van der Waals surface area contributed by atoms with Gasteiger partial charge in [-0.05, 0) is 69.1 Å². The number of benzene rings is 1. The molecule has 7 atom stereocenters. The van der Waals surface area contributed by atoms with Crippen LogP contribution >= 0.6 is 0 Å². The summed E-state index contributed by atoms with van der Waals surface area (Å²) in [5, 5.41) is 33.3. The number of primary amides is 1. The number of hydrogen-bond acceptors (Lipinski definition) is 9. The third-order valence-corrected chi connectivity index (χ3v) is 8.44. The molecule has 0 saturated heterocycles. The number of likely N-dealkylation sites (N-methyl/N-ethyl adjacent to an activating group) is 1. The van der Waals surface area contributed by atoms with Gasteiger partial charge in [0.1, 0.15) is 11.7 Å². The Bertz CT molecular complexity index is 1360. The molecule has 2 aromatic rings. The van der Waals surface area contributed by atoms with E-state index in [2.05, 4.69) is 4.98 Å². The van der Waals surface area contributed by atoms with Gasteiger partial charge in [0.25, 0.3) is 0 Å². The fourth-order valence-corrected chi connectivity index (χ4v) is 6.81. The minimum atomic E-state index is -2.67. The number of nitrogens with two attached hydrogens (primary N) is 1. The molecule has 194 valence electrons. The van der Waals surface area contributed by atoms with Crippen molar-refractivity contribution in [1.82, 2.24) is 9.88 Å². The lowest BCUT2D eigenvalue weighted by Gasteiger charge is -2.54. The summed E-state index contributed by atoms with van der Waals surface area (Å²) in [6, 6.07) is 5.79. The zero-order valence-electron chi connectivity index (χ0n) is 20.7. The average Bonchev–Trinajstić information content (AvgIpc) is 2.82. The molecule has 2 fully saturated rings. The van der Waals surface area contributed by atoms with Gasteiger partial charge in [-0.1, -0.05) is 6.07 Å². The van der Waals surface area contributed by atoms with Crippen molar-refractivity contribution < 1.29 is 34.5 Å². The van der Waals surface area contributed by atoms with E-state index in [1.54, 1.807) is 37.3 Å². The van der Waals surface area contributed by atoms with Crippen LogP contribution in [0, 0.1) is 30.6 Å². The molecule has 10 nitrogen and oxygen atoms in total. The van der Waals surface area contributed by atoms with E-state index in [1.165, 1.54) is 6.07 Å². The standard InChI is InChI=1S/C27H29N3O7/c1-11-5-4-8-29-20(11)13-6-7-16(31)18-14(13)9-12-10-15-21(30(2)3)23(33)19(26(28)36)25(35)27(15,37)24(34)17(12)22(18)32/h4-8,12,15,17,19,21,23,31,33,37H,9-10H2,1-3H3,(H2,28,36)/t12-,15-,17?,19?,21?,23?,27-/m1/s1. The average molecular weight is 508 g/mol. The van der Waals surface area contributed by atoms with Gasteiger partial charge in [-0.2, -0.15) is 0 Å². The van der Waals surface area contributed by atoms with E-state index < -0.39 is 64.7 Å². The summed E-state index contributed by atoms with van der Waals surface area (Å²) in [4.78, 5) is 59.2. The quantitative estimate of drug-likeness (QED) is 0.418. The van der Waals surface area contributed by atoms with Crippen molar-refractivity contribution in [2.24, 2.45) is 29.4 Å². The van der Waals surface area contributed by atoms with E-state index >= 15 is 0 Å². The van der Waals surface area contributed by atoms with Crippen LogP contribution in [0.2, 0.25) is 0 Å². The molecule has 1 amide bonds. The molecule has 3 aliphatic carbocycles. The Morgan fingerprint density at radius 3 is 2.49 bits per heavy atom. The second-order valence-electron chi connectivity index (χ2n) is 10.6. The molecule has 4 unspecified atom stereocenters. The number of fused-ring (bicyclic) bond motifs is 3. The maximum Gasteiger partial charge on any atom is 0.230 e. The Balaban J connectivity index is 1.67. The van der Waals surface area contributed by atoms with Gasteiger partial charge in [0, 0.05) is 23.7 Å². The molecule has 1 aromatic carbocycles.